The molecule has 0 saturated heterocycles. The molecule has 7 rings (SSSR count). The second-order valence-electron chi connectivity index (χ2n) is 9.59. The summed E-state index contributed by atoms with van der Waals surface area (Å²) in [5, 5.41) is 0.608. The lowest BCUT2D eigenvalue weighted by atomic mass is 10.3. The molecule has 16 heteroatoms. The Labute approximate surface area is 260 Å². The summed E-state index contributed by atoms with van der Waals surface area (Å²) in [5.41, 5.74) is 7.17. The summed E-state index contributed by atoms with van der Waals surface area (Å²) >= 11 is 1.41. The molecule has 0 saturated carbocycles. The molecule has 0 aliphatic carbocycles. The van der Waals surface area contributed by atoms with Gasteiger partial charge < -0.3 is 47.8 Å². The molecule has 0 bridgehead atoms. The molecule has 0 atom stereocenters. The van der Waals surface area contributed by atoms with Crippen LogP contribution >= 0.6 is 19.4 Å². The van der Waals surface area contributed by atoms with Crippen LogP contribution in [0.1, 0.15) is 0 Å². The van der Waals surface area contributed by atoms with Crippen LogP contribution in [0.25, 0.3) is 11.2 Å². The Balaban J connectivity index is 1.07. The highest BCUT2D eigenvalue weighted by Crippen LogP contribution is 2.55. The van der Waals surface area contributed by atoms with E-state index in [9.17, 15) is 4.57 Å². The van der Waals surface area contributed by atoms with E-state index in [1.165, 1.54) is 11.8 Å². The van der Waals surface area contributed by atoms with E-state index in [2.05, 4.69) is 15.0 Å². The van der Waals surface area contributed by atoms with Crippen molar-refractivity contribution in [1.29, 1.82) is 0 Å². The van der Waals surface area contributed by atoms with E-state index in [1.807, 2.05) is 24.3 Å². The highest BCUT2D eigenvalue weighted by Gasteiger charge is 2.34. The van der Waals surface area contributed by atoms with Crippen LogP contribution in [0.2, 0.25) is 0 Å². The molecule has 0 fully saturated rings. The van der Waals surface area contributed by atoms with E-state index in [1.54, 1.807) is 54.4 Å². The first kappa shape index (κ1) is 28.9. The van der Waals surface area contributed by atoms with Crippen molar-refractivity contribution in [3.05, 3.63) is 67.0 Å². The van der Waals surface area contributed by atoms with Gasteiger partial charge >= 0.3 is 7.60 Å². The number of nitrogens with zero attached hydrogens (tertiary/aromatic N) is 4. The summed E-state index contributed by atoms with van der Waals surface area (Å²) < 4.78 is 60.9. The van der Waals surface area contributed by atoms with Gasteiger partial charge in [-0.05, 0) is 48.5 Å². The predicted molar refractivity (Wildman–Crippen MR) is 162 cm³/mol. The van der Waals surface area contributed by atoms with Crippen LogP contribution < -0.4 is 38.5 Å². The molecular formula is C29H26N5O9PS. The summed E-state index contributed by atoms with van der Waals surface area (Å²) in [7, 11) is -2.40. The fraction of sp³-hybridized carbons (Fsp3) is 0.207. The van der Waals surface area contributed by atoms with Gasteiger partial charge in [-0.2, -0.15) is 4.98 Å². The van der Waals surface area contributed by atoms with Gasteiger partial charge in [0.25, 0.3) is 0 Å². The zero-order valence-corrected chi connectivity index (χ0v) is 25.5. The van der Waals surface area contributed by atoms with Crippen molar-refractivity contribution in [2.45, 2.75) is 16.5 Å². The number of hydrogen-bond donors (Lipinski definition) is 1. The third-order valence-corrected chi connectivity index (χ3v) is 9.08. The van der Waals surface area contributed by atoms with Crippen molar-refractivity contribution in [1.82, 2.24) is 19.5 Å². The molecule has 2 N–H and O–H groups in total. The van der Waals surface area contributed by atoms with Gasteiger partial charge in [0.05, 0.1) is 20.0 Å². The summed E-state index contributed by atoms with van der Waals surface area (Å²) in [6.07, 6.45) is 1.23. The van der Waals surface area contributed by atoms with Crippen LogP contribution in [-0.4, -0.2) is 53.2 Å². The molecule has 232 valence electrons. The summed E-state index contributed by atoms with van der Waals surface area (Å²) in [6, 6.07) is 17.6. The normalized spacial score (nSPS) is 13.3. The van der Waals surface area contributed by atoms with Gasteiger partial charge in [0.1, 0.15) is 16.3 Å². The van der Waals surface area contributed by atoms with Gasteiger partial charge in [0.15, 0.2) is 35.0 Å². The van der Waals surface area contributed by atoms with E-state index in [-0.39, 0.29) is 37.6 Å². The highest BCUT2D eigenvalue weighted by atomic mass is 32.2. The number of ether oxygens (including phenoxy) is 6. The predicted octanol–water partition coefficient (Wildman–Crippen LogP) is 5.35. The van der Waals surface area contributed by atoms with E-state index >= 15 is 0 Å². The van der Waals surface area contributed by atoms with Crippen LogP contribution in [-0.2, 0) is 15.8 Å². The van der Waals surface area contributed by atoms with Crippen molar-refractivity contribution in [3.8, 4) is 40.2 Å². The van der Waals surface area contributed by atoms with Crippen LogP contribution in [0, 0.1) is 0 Å². The van der Waals surface area contributed by atoms with E-state index in [4.69, 9.17) is 43.2 Å². The zero-order chi connectivity index (χ0) is 30.8. The lowest BCUT2D eigenvalue weighted by Gasteiger charge is -2.21. The highest BCUT2D eigenvalue weighted by molar-refractivity contribution is 7.99. The quantitative estimate of drug-likeness (QED) is 0.104. The first-order valence-electron chi connectivity index (χ1n) is 13.6. The number of nitrogen functional groups attached to an aromatic ring is 1. The lowest BCUT2D eigenvalue weighted by molar-refractivity contribution is 0.150. The van der Waals surface area contributed by atoms with Crippen LogP contribution in [0.5, 0.6) is 40.2 Å². The minimum Gasteiger partial charge on any atom is -0.497 e. The number of benzene rings is 3. The van der Waals surface area contributed by atoms with Crippen LogP contribution in [0.4, 0.5) is 5.95 Å². The minimum absolute atomic E-state index is 0.0159. The van der Waals surface area contributed by atoms with Gasteiger partial charge in [-0.15, -0.1) is 0 Å². The maximum absolute atomic E-state index is 14.2. The molecular weight excluding hydrogens is 625 g/mol. The Morgan fingerprint density at radius 1 is 0.911 bits per heavy atom. The lowest BCUT2D eigenvalue weighted by Crippen LogP contribution is -2.12. The molecule has 3 aromatic carbocycles. The van der Waals surface area contributed by atoms with E-state index in [0.29, 0.717) is 45.7 Å². The molecule has 45 heavy (non-hydrogen) atoms. The SMILES string of the molecule is COc1ccc(Sc2nc(N)nc3c2ncn3CCOCP(=O)(Oc2cccc3c2OCO3)Oc2cccc3c2OCO3)cc1. The number of anilines is 1. The first-order chi connectivity index (χ1) is 22.0. The molecule has 0 unspecified atom stereocenters. The number of para-hydroxylation sites is 2. The molecule has 2 aliphatic heterocycles. The second-order valence-corrected chi connectivity index (χ2v) is 12.5. The number of imidazole rings is 1. The summed E-state index contributed by atoms with van der Waals surface area (Å²) in [6.45, 7) is 0.463. The number of methoxy groups -OCH3 is 1. The topological polar surface area (TPSA) is 161 Å². The number of aromatic nitrogens is 4. The van der Waals surface area contributed by atoms with Crippen LogP contribution in [0.15, 0.2) is 76.9 Å². The Morgan fingerprint density at radius 3 is 2.22 bits per heavy atom. The molecule has 14 nitrogen and oxygen atoms in total. The largest absolute Gasteiger partial charge is 0.497 e. The van der Waals surface area contributed by atoms with Crippen molar-refractivity contribution in [2.24, 2.45) is 0 Å². The van der Waals surface area contributed by atoms with E-state index < -0.39 is 13.9 Å². The fourth-order valence-corrected chi connectivity index (χ4v) is 6.84. The van der Waals surface area contributed by atoms with Crippen LogP contribution in [0.3, 0.4) is 0 Å². The maximum atomic E-state index is 14.2. The van der Waals surface area contributed by atoms with Gasteiger partial charge in [0.2, 0.25) is 31.0 Å². The fourth-order valence-electron chi connectivity index (χ4n) is 4.59. The molecule has 2 aliphatic rings. The van der Waals surface area contributed by atoms with E-state index in [0.717, 1.165) is 10.6 Å². The van der Waals surface area contributed by atoms with Gasteiger partial charge in [-0.25, -0.2) is 14.5 Å². The van der Waals surface area contributed by atoms with Crippen molar-refractivity contribution < 1.29 is 42.0 Å². The van der Waals surface area contributed by atoms with Gasteiger partial charge in [-0.3, -0.25) is 0 Å². The second kappa shape index (κ2) is 12.3. The minimum atomic E-state index is -4.02. The Bertz CT molecular complexity index is 1840. The van der Waals surface area contributed by atoms with Gasteiger partial charge in [-0.1, -0.05) is 23.9 Å². The number of hydrogen-bond acceptors (Lipinski definition) is 14. The van der Waals surface area contributed by atoms with Crippen molar-refractivity contribution in [3.63, 3.8) is 0 Å². The number of nitrogens with two attached hydrogens (primary N) is 1. The monoisotopic (exact) mass is 651 g/mol. The zero-order valence-electron chi connectivity index (χ0n) is 23.8. The number of rotatable bonds is 12. The Hall–Kier alpha value is -4.85. The van der Waals surface area contributed by atoms with Gasteiger partial charge in [0, 0.05) is 11.4 Å². The summed E-state index contributed by atoms with van der Waals surface area (Å²) in [5.74, 6) is 2.82. The molecule has 0 radical (unpaired) electrons. The maximum Gasteiger partial charge on any atom is 0.456 e. The summed E-state index contributed by atoms with van der Waals surface area (Å²) in [4.78, 5) is 14.2. The first-order valence-corrected chi connectivity index (χ1v) is 16.2. The standard InChI is InChI=1S/C29H26N5O9PS/c1-36-18-8-10-19(11-9-18)45-28-24-27(32-29(30)33-28)34(14-31-24)12-13-37-17-44(35,42-22-6-2-4-20-25(22)40-15-38-20)43-23-7-3-5-21-26(23)41-16-39-21/h2-11,14H,12-13,15-17H2,1H3,(H2,30,32,33). The smallest absolute Gasteiger partial charge is 0.456 e. The third kappa shape index (κ3) is 6.10. The molecule has 4 heterocycles. The molecule has 0 spiro atoms. The third-order valence-electron chi connectivity index (χ3n) is 6.64. The molecule has 0 amide bonds. The number of fused-ring (bicyclic) bond motifs is 3. The average molecular weight is 652 g/mol. The Morgan fingerprint density at radius 2 is 1.58 bits per heavy atom. The average Bonchev–Trinajstić information content (AvgIpc) is 3.81. The van der Waals surface area contributed by atoms with Crippen molar-refractivity contribution in [2.75, 3.05) is 39.4 Å². The molecule has 2 aromatic heterocycles. The van der Waals surface area contributed by atoms with Crippen molar-refractivity contribution >= 4 is 36.5 Å². The Kier molecular flexibility index (Phi) is 7.88. The molecule has 5 aromatic rings.